The van der Waals surface area contributed by atoms with Crippen molar-refractivity contribution in [2.45, 2.75) is 57.2 Å². The zero-order valence-corrected chi connectivity index (χ0v) is 12.9. The molecule has 0 amide bonds. The van der Waals surface area contributed by atoms with Crippen molar-refractivity contribution in [3.05, 3.63) is 27.7 Å². The van der Waals surface area contributed by atoms with Crippen LogP contribution >= 0.6 is 15.9 Å². The fraction of sp³-hybridized carbons (Fsp3) is 0.600. The maximum atomic E-state index is 10.7. The highest BCUT2D eigenvalue weighted by Gasteiger charge is 2.67. The average Bonchev–Trinajstić information content (AvgIpc) is 2.59. The Morgan fingerprint density at radius 1 is 1.22 bits per heavy atom. The molecule has 18 heavy (non-hydrogen) atoms. The van der Waals surface area contributed by atoms with Crippen LogP contribution in [0, 0.1) is 6.92 Å². The third-order valence-electron chi connectivity index (χ3n) is 5.36. The molecule has 0 bridgehead atoms. The molecule has 1 aromatic carbocycles. The first-order chi connectivity index (χ1) is 8.21. The van der Waals surface area contributed by atoms with Gasteiger partial charge in [-0.25, -0.2) is 0 Å². The lowest BCUT2D eigenvalue weighted by Crippen LogP contribution is -2.56. The van der Waals surface area contributed by atoms with Gasteiger partial charge in [-0.15, -0.1) is 0 Å². The molecule has 0 aromatic heterocycles. The summed E-state index contributed by atoms with van der Waals surface area (Å²) in [6.07, 6.45) is 1.74. The third-order valence-corrected chi connectivity index (χ3v) is 6.22. The fourth-order valence-electron chi connectivity index (χ4n) is 3.57. The van der Waals surface area contributed by atoms with Gasteiger partial charge < -0.3 is 9.84 Å². The Bertz CT molecular complexity index is 538. The van der Waals surface area contributed by atoms with Crippen molar-refractivity contribution in [1.29, 1.82) is 0 Å². The van der Waals surface area contributed by atoms with Crippen molar-refractivity contribution >= 4 is 15.9 Å². The van der Waals surface area contributed by atoms with Crippen LogP contribution in [0.15, 0.2) is 16.6 Å². The van der Waals surface area contributed by atoms with Crippen LogP contribution in [-0.2, 0) is 5.41 Å². The van der Waals surface area contributed by atoms with Crippen molar-refractivity contribution in [2.75, 3.05) is 0 Å². The first-order valence-corrected chi connectivity index (χ1v) is 7.23. The summed E-state index contributed by atoms with van der Waals surface area (Å²) < 4.78 is 7.31. The van der Waals surface area contributed by atoms with E-state index in [0.717, 1.165) is 23.1 Å². The summed E-state index contributed by atoms with van der Waals surface area (Å²) in [4.78, 5) is 0. The average molecular weight is 311 g/mol. The summed E-state index contributed by atoms with van der Waals surface area (Å²) in [5.74, 6) is 0.931. The monoisotopic (exact) mass is 310 g/mol. The normalized spacial score (nSPS) is 41.4. The lowest BCUT2D eigenvalue weighted by Gasteiger charge is -2.40. The minimum atomic E-state index is -0.777. The smallest absolute Gasteiger partial charge is 0.144 e. The van der Waals surface area contributed by atoms with Crippen molar-refractivity contribution in [3.63, 3.8) is 0 Å². The molecular weight excluding hydrogens is 292 g/mol. The number of aryl methyl sites for hydroxylation is 1. The van der Waals surface area contributed by atoms with Gasteiger partial charge in [0.25, 0.3) is 0 Å². The van der Waals surface area contributed by atoms with Gasteiger partial charge in [0.05, 0.1) is 0 Å². The van der Waals surface area contributed by atoms with E-state index in [-0.39, 0.29) is 5.41 Å². The van der Waals surface area contributed by atoms with Crippen LogP contribution in [-0.4, -0.2) is 16.3 Å². The number of rotatable bonds is 0. The highest BCUT2D eigenvalue weighted by Crippen LogP contribution is 2.61. The Balaban J connectivity index is 2.24. The van der Waals surface area contributed by atoms with Crippen molar-refractivity contribution in [1.82, 2.24) is 0 Å². The van der Waals surface area contributed by atoms with Crippen LogP contribution < -0.4 is 4.74 Å². The summed E-state index contributed by atoms with van der Waals surface area (Å²) in [7, 11) is 0. The summed E-state index contributed by atoms with van der Waals surface area (Å²) >= 11 is 3.60. The summed E-state index contributed by atoms with van der Waals surface area (Å²) in [6.45, 7) is 8.21. The topological polar surface area (TPSA) is 29.5 Å². The van der Waals surface area contributed by atoms with E-state index in [9.17, 15) is 5.11 Å². The SMILES string of the molecule is Cc1cc2c(cc1Br)C1(C)CCC(C)(O)C1(C)O2. The number of hydrogen-bond donors (Lipinski definition) is 1. The highest BCUT2D eigenvalue weighted by atomic mass is 79.9. The quantitative estimate of drug-likeness (QED) is 0.791. The molecule has 98 valence electrons. The van der Waals surface area contributed by atoms with E-state index in [2.05, 4.69) is 41.9 Å². The second-order valence-corrected chi connectivity index (χ2v) is 7.19. The van der Waals surface area contributed by atoms with Crippen LogP contribution in [0.2, 0.25) is 0 Å². The fourth-order valence-corrected chi connectivity index (χ4v) is 3.91. The van der Waals surface area contributed by atoms with Gasteiger partial charge in [0.2, 0.25) is 0 Å². The van der Waals surface area contributed by atoms with E-state index in [4.69, 9.17) is 4.74 Å². The number of aliphatic hydroxyl groups is 1. The van der Waals surface area contributed by atoms with Crippen LogP contribution in [0.25, 0.3) is 0 Å². The summed E-state index contributed by atoms with van der Waals surface area (Å²) in [5.41, 5.74) is 0.972. The van der Waals surface area contributed by atoms with E-state index in [1.54, 1.807) is 0 Å². The Hall–Kier alpha value is -0.540. The largest absolute Gasteiger partial charge is 0.483 e. The molecule has 3 rings (SSSR count). The van der Waals surface area contributed by atoms with Gasteiger partial charge in [0, 0.05) is 15.5 Å². The van der Waals surface area contributed by atoms with E-state index in [1.807, 2.05) is 13.8 Å². The van der Waals surface area contributed by atoms with Crippen molar-refractivity contribution < 1.29 is 9.84 Å². The molecule has 0 saturated heterocycles. The first kappa shape index (κ1) is 12.5. The van der Waals surface area contributed by atoms with Crippen LogP contribution in [0.3, 0.4) is 0 Å². The van der Waals surface area contributed by atoms with Crippen molar-refractivity contribution in [2.24, 2.45) is 0 Å². The molecule has 2 aliphatic rings. The standard InChI is InChI=1S/C15H19BrO2/c1-9-7-12-10(8-11(9)16)13(2)5-6-14(3,17)15(13,4)18-12/h7-8,17H,5-6H2,1-4H3. The molecule has 1 aliphatic heterocycles. The van der Waals surface area contributed by atoms with Gasteiger partial charge in [-0.2, -0.15) is 0 Å². The minimum Gasteiger partial charge on any atom is -0.483 e. The molecule has 1 aliphatic carbocycles. The van der Waals surface area contributed by atoms with E-state index >= 15 is 0 Å². The maximum absolute atomic E-state index is 10.7. The summed E-state index contributed by atoms with van der Waals surface area (Å²) in [5, 5.41) is 10.7. The van der Waals surface area contributed by atoms with E-state index in [0.29, 0.717) is 0 Å². The molecule has 0 radical (unpaired) electrons. The second-order valence-electron chi connectivity index (χ2n) is 6.34. The van der Waals surface area contributed by atoms with Crippen LogP contribution in [0.5, 0.6) is 5.75 Å². The molecule has 1 fully saturated rings. The molecule has 1 N–H and O–H groups in total. The first-order valence-electron chi connectivity index (χ1n) is 6.43. The lowest BCUT2D eigenvalue weighted by atomic mass is 9.70. The zero-order valence-electron chi connectivity index (χ0n) is 11.3. The Morgan fingerprint density at radius 3 is 2.56 bits per heavy atom. The van der Waals surface area contributed by atoms with Gasteiger partial charge in [0.15, 0.2) is 0 Å². The molecule has 3 unspecified atom stereocenters. The predicted molar refractivity (Wildman–Crippen MR) is 75.1 cm³/mol. The number of hydrogen-bond acceptors (Lipinski definition) is 2. The van der Waals surface area contributed by atoms with Gasteiger partial charge >= 0.3 is 0 Å². The molecule has 1 heterocycles. The number of halogens is 1. The molecule has 2 nitrogen and oxygen atoms in total. The van der Waals surface area contributed by atoms with Crippen molar-refractivity contribution in [3.8, 4) is 5.75 Å². The van der Waals surface area contributed by atoms with Gasteiger partial charge in [-0.1, -0.05) is 22.9 Å². The van der Waals surface area contributed by atoms with Gasteiger partial charge in [0.1, 0.15) is 17.0 Å². The van der Waals surface area contributed by atoms with E-state index < -0.39 is 11.2 Å². The van der Waals surface area contributed by atoms with Gasteiger partial charge in [-0.3, -0.25) is 0 Å². The number of benzene rings is 1. The van der Waals surface area contributed by atoms with Crippen LogP contribution in [0.1, 0.15) is 44.7 Å². The lowest BCUT2D eigenvalue weighted by molar-refractivity contribution is -0.102. The third kappa shape index (κ3) is 1.22. The van der Waals surface area contributed by atoms with Crippen LogP contribution in [0.4, 0.5) is 0 Å². The second kappa shape index (κ2) is 3.31. The number of fused-ring (bicyclic) bond motifs is 3. The Morgan fingerprint density at radius 2 is 1.89 bits per heavy atom. The Labute approximate surface area is 116 Å². The predicted octanol–water partition coefficient (Wildman–Crippen LogP) is 3.71. The molecule has 0 spiro atoms. The Kier molecular flexibility index (Phi) is 2.30. The molecular formula is C15H19BrO2. The molecule has 1 aromatic rings. The van der Waals surface area contributed by atoms with Gasteiger partial charge in [-0.05, 0) is 51.3 Å². The zero-order chi connectivity index (χ0) is 13.3. The molecule has 1 saturated carbocycles. The summed E-state index contributed by atoms with van der Waals surface area (Å²) in [6, 6.07) is 4.24. The highest BCUT2D eigenvalue weighted by molar-refractivity contribution is 9.10. The number of ether oxygens (including phenoxy) is 1. The van der Waals surface area contributed by atoms with E-state index in [1.165, 1.54) is 11.1 Å². The molecule has 3 heteroatoms. The molecule has 3 atom stereocenters. The maximum Gasteiger partial charge on any atom is 0.144 e. The minimum absolute atomic E-state index is 0.109.